The first kappa shape index (κ1) is 13.7. The summed E-state index contributed by atoms with van der Waals surface area (Å²) in [6.45, 7) is 8.40. The highest BCUT2D eigenvalue weighted by Crippen LogP contribution is 2.36. The molecule has 1 saturated carbocycles. The molecule has 0 aromatic rings. The standard InChI is InChI=1S/C14H28N2S/c1-3-5-13-11-16(8-9-17-4-2)14(10-15-13)12-6-7-12/h12-15H,3-11H2,1-2H3. The fraction of sp³-hybridized carbons (Fsp3) is 1.00. The maximum absolute atomic E-state index is 3.76. The summed E-state index contributed by atoms with van der Waals surface area (Å²) in [6.07, 6.45) is 5.60. The number of nitrogens with zero attached hydrogens (tertiary/aromatic N) is 1. The quantitative estimate of drug-likeness (QED) is 0.705. The molecule has 2 rings (SSSR count). The lowest BCUT2D eigenvalue weighted by Crippen LogP contribution is -2.57. The van der Waals surface area contributed by atoms with Gasteiger partial charge in [0.15, 0.2) is 0 Å². The van der Waals surface area contributed by atoms with Crippen molar-refractivity contribution in [1.29, 1.82) is 0 Å². The number of rotatable bonds is 7. The van der Waals surface area contributed by atoms with Gasteiger partial charge in [0, 0.05) is 37.5 Å². The van der Waals surface area contributed by atoms with Gasteiger partial charge in [0.25, 0.3) is 0 Å². The van der Waals surface area contributed by atoms with Gasteiger partial charge in [0.1, 0.15) is 0 Å². The molecule has 2 unspecified atom stereocenters. The Hall–Kier alpha value is 0.270. The molecular formula is C14H28N2S. The fourth-order valence-corrected chi connectivity index (χ4v) is 3.62. The maximum atomic E-state index is 3.76. The Balaban J connectivity index is 1.80. The number of thioether (sulfide) groups is 1. The second-order valence-electron chi connectivity index (χ2n) is 5.49. The summed E-state index contributed by atoms with van der Waals surface area (Å²) in [5.41, 5.74) is 0. The number of hydrogen-bond acceptors (Lipinski definition) is 3. The minimum absolute atomic E-state index is 0.752. The van der Waals surface area contributed by atoms with Crippen molar-refractivity contribution in [3.05, 3.63) is 0 Å². The van der Waals surface area contributed by atoms with E-state index in [1.165, 1.54) is 56.8 Å². The van der Waals surface area contributed by atoms with Gasteiger partial charge in [-0.25, -0.2) is 0 Å². The third-order valence-corrected chi connectivity index (χ3v) is 4.95. The summed E-state index contributed by atoms with van der Waals surface area (Å²) in [5, 5.41) is 3.76. The van der Waals surface area contributed by atoms with E-state index in [2.05, 4.69) is 35.8 Å². The summed E-state index contributed by atoms with van der Waals surface area (Å²) in [6, 6.07) is 1.60. The van der Waals surface area contributed by atoms with Gasteiger partial charge in [-0.1, -0.05) is 20.3 Å². The van der Waals surface area contributed by atoms with Crippen LogP contribution in [0.2, 0.25) is 0 Å². The van der Waals surface area contributed by atoms with Crippen molar-refractivity contribution in [1.82, 2.24) is 10.2 Å². The molecule has 1 N–H and O–H groups in total. The molecular weight excluding hydrogens is 228 g/mol. The van der Waals surface area contributed by atoms with E-state index in [9.17, 15) is 0 Å². The van der Waals surface area contributed by atoms with Gasteiger partial charge in [-0.3, -0.25) is 4.90 Å². The lowest BCUT2D eigenvalue weighted by atomic mass is 10.0. The minimum Gasteiger partial charge on any atom is -0.311 e. The fourth-order valence-electron chi connectivity index (χ4n) is 2.97. The normalized spacial score (nSPS) is 30.7. The van der Waals surface area contributed by atoms with Crippen LogP contribution in [0.3, 0.4) is 0 Å². The van der Waals surface area contributed by atoms with E-state index >= 15 is 0 Å². The largest absolute Gasteiger partial charge is 0.311 e. The van der Waals surface area contributed by atoms with Crippen LogP contribution in [-0.4, -0.2) is 48.1 Å². The molecule has 1 saturated heterocycles. The molecule has 100 valence electrons. The van der Waals surface area contributed by atoms with Crippen LogP contribution in [-0.2, 0) is 0 Å². The lowest BCUT2D eigenvalue weighted by molar-refractivity contribution is 0.119. The van der Waals surface area contributed by atoms with Gasteiger partial charge < -0.3 is 5.32 Å². The second-order valence-corrected chi connectivity index (χ2v) is 6.88. The first-order valence-corrected chi connectivity index (χ1v) is 8.55. The molecule has 0 aromatic carbocycles. The number of nitrogens with one attached hydrogen (secondary N) is 1. The zero-order chi connectivity index (χ0) is 12.1. The average molecular weight is 256 g/mol. The molecule has 0 radical (unpaired) electrons. The monoisotopic (exact) mass is 256 g/mol. The minimum atomic E-state index is 0.752. The lowest BCUT2D eigenvalue weighted by Gasteiger charge is -2.41. The molecule has 1 aliphatic carbocycles. The molecule has 0 amide bonds. The van der Waals surface area contributed by atoms with Crippen molar-refractivity contribution in [2.24, 2.45) is 5.92 Å². The Kier molecular flexibility index (Phi) is 5.64. The van der Waals surface area contributed by atoms with Gasteiger partial charge in [-0.05, 0) is 30.9 Å². The zero-order valence-corrected chi connectivity index (χ0v) is 12.3. The van der Waals surface area contributed by atoms with Gasteiger partial charge >= 0.3 is 0 Å². The van der Waals surface area contributed by atoms with Gasteiger partial charge in [0.2, 0.25) is 0 Å². The second kappa shape index (κ2) is 7.01. The van der Waals surface area contributed by atoms with E-state index in [1.807, 2.05) is 0 Å². The zero-order valence-electron chi connectivity index (χ0n) is 11.5. The predicted molar refractivity (Wildman–Crippen MR) is 77.8 cm³/mol. The third kappa shape index (κ3) is 4.15. The Labute approximate surface area is 111 Å². The topological polar surface area (TPSA) is 15.3 Å². The van der Waals surface area contributed by atoms with Crippen LogP contribution in [0.5, 0.6) is 0 Å². The average Bonchev–Trinajstić information content (AvgIpc) is 3.14. The summed E-state index contributed by atoms with van der Waals surface area (Å²) in [4.78, 5) is 2.79. The Morgan fingerprint density at radius 3 is 2.76 bits per heavy atom. The highest BCUT2D eigenvalue weighted by atomic mass is 32.2. The van der Waals surface area contributed by atoms with Crippen molar-refractivity contribution < 1.29 is 0 Å². The van der Waals surface area contributed by atoms with E-state index in [4.69, 9.17) is 0 Å². The molecule has 3 heteroatoms. The summed E-state index contributed by atoms with van der Waals surface area (Å²) in [5.74, 6) is 3.59. The van der Waals surface area contributed by atoms with Crippen LogP contribution in [0.1, 0.15) is 39.5 Å². The number of hydrogen-bond donors (Lipinski definition) is 1. The van der Waals surface area contributed by atoms with Crippen LogP contribution in [0, 0.1) is 5.92 Å². The molecule has 2 nitrogen and oxygen atoms in total. The highest BCUT2D eigenvalue weighted by molar-refractivity contribution is 7.99. The van der Waals surface area contributed by atoms with Crippen molar-refractivity contribution >= 4 is 11.8 Å². The van der Waals surface area contributed by atoms with E-state index in [-0.39, 0.29) is 0 Å². The van der Waals surface area contributed by atoms with Crippen molar-refractivity contribution in [2.75, 3.05) is 31.1 Å². The Morgan fingerprint density at radius 2 is 2.12 bits per heavy atom. The highest BCUT2D eigenvalue weighted by Gasteiger charge is 2.38. The molecule has 0 spiro atoms. The third-order valence-electron chi connectivity index (χ3n) is 4.07. The van der Waals surface area contributed by atoms with Gasteiger partial charge in [-0.2, -0.15) is 11.8 Å². The first-order chi connectivity index (χ1) is 8.35. The van der Waals surface area contributed by atoms with E-state index in [1.54, 1.807) is 0 Å². The van der Waals surface area contributed by atoms with Crippen molar-refractivity contribution in [3.63, 3.8) is 0 Å². The molecule has 2 aliphatic rings. The Bertz CT molecular complexity index is 218. The number of piperazine rings is 1. The summed E-state index contributed by atoms with van der Waals surface area (Å²) < 4.78 is 0. The van der Waals surface area contributed by atoms with Crippen molar-refractivity contribution in [3.8, 4) is 0 Å². The first-order valence-electron chi connectivity index (χ1n) is 7.40. The van der Waals surface area contributed by atoms with Crippen LogP contribution in [0.25, 0.3) is 0 Å². The van der Waals surface area contributed by atoms with E-state index < -0.39 is 0 Å². The van der Waals surface area contributed by atoms with E-state index in [0.717, 1.165) is 18.0 Å². The summed E-state index contributed by atoms with van der Waals surface area (Å²) >= 11 is 2.09. The molecule has 17 heavy (non-hydrogen) atoms. The van der Waals surface area contributed by atoms with Crippen LogP contribution >= 0.6 is 11.8 Å². The van der Waals surface area contributed by atoms with Gasteiger partial charge in [0.05, 0.1) is 0 Å². The summed E-state index contributed by atoms with van der Waals surface area (Å²) in [7, 11) is 0. The molecule has 1 heterocycles. The van der Waals surface area contributed by atoms with Crippen LogP contribution in [0.15, 0.2) is 0 Å². The van der Waals surface area contributed by atoms with Gasteiger partial charge in [-0.15, -0.1) is 0 Å². The molecule has 2 atom stereocenters. The van der Waals surface area contributed by atoms with Crippen LogP contribution in [0.4, 0.5) is 0 Å². The van der Waals surface area contributed by atoms with E-state index in [0.29, 0.717) is 0 Å². The van der Waals surface area contributed by atoms with Crippen LogP contribution < -0.4 is 5.32 Å². The molecule has 1 aliphatic heterocycles. The van der Waals surface area contributed by atoms with Crippen molar-refractivity contribution in [2.45, 2.75) is 51.6 Å². The molecule has 0 aromatic heterocycles. The Morgan fingerprint density at radius 1 is 1.29 bits per heavy atom. The predicted octanol–water partition coefficient (Wildman–Crippen LogP) is 2.59. The molecule has 2 fully saturated rings. The smallest absolute Gasteiger partial charge is 0.0249 e. The SMILES string of the molecule is CCCC1CN(CCSCC)C(C2CC2)CN1. The maximum Gasteiger partial charge on any atom is 0.0249 e. The molecule has 0 bridgehead atoms.